The van der Waals surface area contributed by atoms with E-state index in [1.807, 2.05) is 60.7 Å². The fraction of sp³-hybridized carbons (Fsp3) is 0.200. The largest absolute Gasteiger partial charge is 0.452 e. The van der Waals surface area contributed by atoms with Gasteiger partial charge in [-0.1, -0.05) is 72.8 Å². The summed E-state index contributed by atoms with van der Waals surface area (Å²) in [5, 5.41) is 9.09. The van der Waals surface area contributed by atoms with Gasteiger partial charge in [-0.05, 0) is 35.2 Å². The number of aliphatic hydroxyl groups excluding tert-OH is 1. The summed E-state index contributed by atoms with van der Waals surface area (Å²) in [5.74, 6) is -0.800. The number of rotatable bonds is 9. The van der Waals surface area contributed by atoms with Gasteiger partial charge in [-0.3, -0.25) is 4.79 Å². The van der Waals surface area contributed by atoms with Crippen LogP contribution in [0.15, 0.2) is 84.9 Å². The van der Waals surface area contributed by atoms with Crippen LogP contribution < -0.4 is 0 Å². The molecule has 0 spiro atoms. The zero-order chi connectivity index (χ0) is 21.2. The quantitative estimate of drug-likeness (QED) is 0.555. The number of hydrogen-bond donors (Lipinski definition) is 1. The Morgan fingerprint density at radius 1 is 0.767 bits per heavy atom. The van der Waals surface area contributed by atoms with Crippen LogP contribution in [0.4, 0.5) is 0 Å². The molecule has 5 heteroatoms. The normalized spacial score (nSPS) is 10.4. The number of carbonyl (C=O) groups excluding carboxylic acids is 2. The van der Waals surface area contributed by atoms with Gasteiger partial charge in [0, 0.05) is 13.1 Å². The molecule has 0 radical (unpaired) electrons. The van der Waals surface area contributed by atoms with Gasteiger partial charge in [-0.15, -0.1) is 0 Å². The molecule has 154 valence electrons. The molecule has 0 atom stereocenters. The summed E-state index contributed by atoms with van der Waals surface area (Å²) in [6, 6.07) is 26.2. The van der Waals surface area contributed by atoms with Crippen LogP contribution in [-0.4, -0.2) is 35.0 Å². The second-order valence-electron chi connectivity index (χ2n) is 6.97. The lowest BCUT2D eigenvalue weighted by molar-refractivity contribution is -0.135. The molecule has 0 aliphatic carbocycles. The second kappa shape index (κ2) is 10.9. The zero-order valence-electron chi connectivity index (χ0n) is 16.7. The molecule has 0 fully saturated rings. The summed E-state index contributed by atoms with van der Waals surface area (Å²) < 4.78 is 5.24. The highest BCUT2D eigenvalue weighted by molar-refractivity contribution is 5.91. The Balaban J connectivity index is 1.61. The first-order valence-corrected chi connectivity index (χ1v) is 9.88. The number of hydrogen-bond acceptors (Lipinski definition) is 4. The van der Waals surface area contributed by atoms with Crippen molar-refractivity contribution in [1.29, 1.82) is 0 Å². The van der Waals surface area contributed by atoms with Gasteiger partial charge in [0.1, 0.15) is 0 Å². The molecule has 0 saturated carbocycles. The average Bonchev–Trinajstić information content (AvgIpc) is 2.81. The summed E-state index contributed by atoms with van der Waals surface area (Å²) in [6.45, 7) is 0.571. The van der Waals surface area contributed by atoms with E-state index in [0.29, 0.717) is 24.2 Å². The number of carbonyl (C=O) groups is 2. The predicted molar refractivity (Wildman–Crippen MR) is 115 cm³/mol. The molecule has 3 rings (SSSR count). The maximum absolute atomic E-state index is 12.8. The Labute approximate surface area is 176 Å². The Morgan fingerprint density at radius 3 is 1.97 bits per heavy atom. The molecule has 0 aliphatic heterocycles. The maximum Gasteiger partial charge on any atom is 0.338 e. The van der Waals surface area contributed by atoms with Gasteiger partial charge in [0.05, 0.1) is 12.2 Å². The Bertz CT molecular complexity index is 940. The van der Waals surface area contributed by atoms with Crippen molar-refractivity contribution in [2.75, 3.05) is 13.2 Å². The van der Waals surface area contributed by atoms with Crippen LogP contribution in [0.25, 0.3) is 0 Å². The van der Waals surface area contributed by atoms with Gasteiger partial charge < -0.3 is 14.7 Å². The number of nitrogens with zero attached hydrogens (tertiary/aromatic N) is 1. The van der Waals surface area contributed by atoms with E-state index in [0.717, 1.165) is 17.5 Å². The van der Waals surface area contributed by atoms with Crippen molar-refractivity contribution in [1.82, 2.24) is 4.90 Å². The maximum atomic E-state index is 12.8. The van der Waals surface area contributed by atoms with E-state index in [9.17, 15) is 9.59 Å². The van der Waals surface area contributed by atoms with Crippen LogP contribution in [0.3, 0.4) is 0 Å². The lowest BCUT2D eigenvalue weighted by Crippen LogP contribution is -2.35. The molecule has 3 aromatic rings. The number of amides is 1. The van der Waals surface area contributed by atoms with Crippen LogP contribution >= 0.6 is 0 Å². The van der Waals surface area contributed by atoms with E-state index >= 15 is 0 Å². The van der Waals surface area contributed by atoms with Crippen molar-refractivity contribution in [2.24, 2.45) is 0 Å². The van der Waals surface area contributed by atoms with Gasteiger partial charge in [0.2, 0.25) is 0 Å². The third kappa shape index (κ3) is 6.29. The fourth-order valence-corrected chi connectivity index (χ4v) is 3.05. The van der Waals surface area contributed by atoms with Crippen molar-refractivity contribution in [3.8, 4) is 0 Å². The molecule has 30 heavy (non-hydrogen) atoms. The highest BCUT2D eigenvalue weighted by Gasteiger charge is 2.17. The van der Waals surface area contributed by atoms with Gasteiger partial charge in [-0.25, -0.2) is 4.79 Å². The standard InChI is InChI=1S/C25H25NO4/c27-18-22-11-13-23(14-12-22)25(29)30-19-24(28)26(17-21-9-5-2-6-10-21)16-15-20-7-3-1-4-8-20/h1-14,27H,15-19H2. The topological polar surface area (TPSA) is 66.8 Å². The van der Waals surface area contributed by atoms with E-state index in [-0.39, 0.29) is 19.1 Å². The SMILES string of the molecule is O=C(OCC(=O)N(CCc1ccccc1)Cc1ccccc1)c1ccc(CO)cc1. The third-order valence-corrected chi connectivity index (χ3v) is 4.78. The first kappa shape index (κ1) is 21.3. The molecule has 5 nitrogen and oxygen atoms in total. The molecule has 0 bridgehead atoms. The van der Waals surface area contributed by atoms with E-state index < -0.39 is 5.97 Å². The van der Waals surface area contributed by atoms with E-state index in [1.165, 1.54) is 0 Å². The minimum Gasteiger partial charge on any atom is -0.452 e. The van der Waals surface area contributed by atoms with Gasteiger partial charge in [0.25, 0.3) is 5.91 Å². The summed E-state index contributed by atoms with van der Waals surface area (Å²) >= 11 is 0. The summed E-state index contributed by atoms with van der Waals surface area (Å²) in [4.78, 5) is 26.8. The molecular weight excluding hydrogens is 378 g/mol. The minimum absolute atomic E-state index is 0.0936. The molecule has 0 heterocycles. The predicted octanol–water partition coefficient (Wildman–Crippen LogP) is 3.61. The van der Waals surface area contributed by atoms with Crippen molar-refractivity contribution in [3.63, 3.8) is 0 Å². The van der Waals surface area contributed by atoms with Crippen molar-refractivity contribution in [3.05, 3.63) is 107 Å². The van der Waals surface area contributed by atoms with Crippen molar-refractivity contribution in [2.45, 2.75) is 19.6 Å². The van der Waals surface area contributed by atoms with Crippen LogP contribution in [0.5, 0.6) is 0 Å². The lowest BCUT2D eigenvalue weighted by atomic mass is 10.1. The number of aliphatic hydroxyl groups is 1. The number of benzene rings is 3. The molecule has 1 amide bonds. The van der Waals surface area contributed by atoms with Crippen LogP contribution in [0, 0.1) is 0 Å². The van der Waals surface area contributed by atoms with Gasteiger partial charge in [0.15, 0.2) is 6.61 Å². The first-order chi connectivity index (χ1) is 14.7. The Morgan fingerprint density at radius 2 is 1.37 bits per heavy atom. The molecule has 0 saturated heterocycles. The second-order valence-corrected chi connectivity index (χ2v) is 6.97. The highest BCUT2D eigenvalue weighted by atomic mass is 16.5. The van der Waals surface area contributed by atoms with Gasteiger partial charge >= 0.3 is 5.97 Å². The highest BCUT2D eigenvalue weighted by Crippen LogP contribution is 2.10. The van der Waals surface area contributed by atoms with Crippen LogP contribution in [0.1, 0.15) is 27.0 Å². The lowest BCUT2D eigenvalue weighted by Gasteiger charge is -2.23. The molecule has 0 aromatic heterocycles. The smallest absolute Gasteiger partial charge is 0.338 e. The molecule has 0 unspecified atom stereocenters. The monoisotopic (exact) mass is 403 g/mol. The third-order valence-electron chi connectivity index (χ3n) is 4.78. The van der Waals surface area contributed by atoms with Crippen molar-refractivity contribution >= 4 is 11.9 Å². The summed E-state index contributed by atoms with van der Waals surface area (Å²) in [5.41, 5.74) is 3.21. The molecule has 1 N–H and O–H groups in total. The van der Waals surface area contributed by atoms with E-state index in [1.54, 1.807) is 29.2 Å². The fourth-order valence-electron chi connectivity index (χ4n) is 3.05. The molecular formula is C25H25NO4. The summed E-state index contributed by atoms with van der Waals surface area (Å²) in [6.07, 6.45) is 0.718. The van der Waals surface area contributed by atoms with Crippen LogP contribution in [0.2, 0.25) is 0 Å². The van der Waals surface area contributed by atoms with Crippen molar-refractivity contribution < 1.29 is 19.4 Å². The Kier molecular flexibility index (Phi) is 7.75. The summed E-state index contributed by atoms with van der Waals surface area (Å²) in [7, 11) is 0. The van der Waals surface area contributed by atoms with Crippen LogP contribution in [-0.2, 0) is 29.1 Å². The number of esters is 1. The molecule has 3 aromatic carbocycles. The number of ether oxygens (including phenoxy) is 1. The average molecular weight is 403 g/mol. The van der Waals surface area contributed by atoms with E-state index in [2.05, 4.69) is 0 Å². The van der Waals surface area contributed by atoms with Gasteiger partial charge in [-0.2, -0.15) is 0 Å². The Hall–Kier alpha value is -3.44. The molecule has 0 aliphatic rings. The first-order valence-electron chi connectivity index (χ1n) is 9.88. The minimum atomic E-state index is -0.560. The zero-order valence-corrected chi connectivity index (χ0v) is 16.7. The van der Waals surface area contributed by atoms with E-state index in [4.69, 9.17) is 9.84 Å².